The van der Waals surface area contributed by atoms with Gasteiger partial charge in [-0.2, -0.15) is 0 Å². The molecule has 1 N–H and O–H groups in total. The fourth-order valence-electron chi connectivity index (χ4n) is 5.03. The molecule has 0 amide bonds. The second-order valence-electron chi connectivity index (χ2n) is 7.08. The highest BCUT2D eigenvalue weighted by molar-refractivity contribution is 5.66. The Morgan fingerprint density at radius 1 is 1.39 bits per heavy atom. The molecule has 0 radical (unpaired) electrons. The Bertz CT molecular complexity index is 659. The average molecular weight is 317 g/mol. The van der Waals surface area contributed by atoms with Crippen molar-refractivity contribution in [3.8, 4) is 11.5 Å². The number of methoxy groups -OCH3 is 1. The first-order chi connectivity index (χ1) is 11.0. The quantitative estimate of drug-likeness (QED) is 0.849. The van der Waals surface area contributed by atoms with Crippen LogP contribution in [-0.4, -0.2) is 41.8 Å². The standard InChI is InChI=1S/C18H23NO4/c1-11(20)23-13-3-4-18-5-6-19(17(18)8-13)10-12-7-16(22-2)15(21)9-14(12)18/h7,9,13,17,21H,3-6,8,10H2,1-2H3. The summed E-state index contributed by atoms with van der Waals surface area (Å²) in [5.74, 6) is 0.585. The van der Waals surface area contributed by atoms with Gasteiger partial charge in [0.05, 0.1) is 7.11 Å². The molecule has 1 saturated carbocycles. The number of phenolic OH excluding ortho intramolecular Hbond substituents is 1. The predicted molar refractivity (Wildman–Crippen MR) is 84.6 cm³/mol. The molecule has 1 aromatic rings. The molecule has 5 nitrogen and oxygen atoms in total. The van der Waals surface area contributed by atoms with Gasteiger partial charge in [-0.1, -0.05) is 0 Å². The second kappa shape index (κ2) is 5.13. The van der Waals surface area contributed by atoms with E-state index >= 15 is 0 Å². The summed E-state index contributed by atoms with van der Waals surface area (Å²) in [5, 5.41) is 10.2. The van der Waals surface area contributed by atoms with Crippen LogP contribution < -0.4 is 4.74 Å². The first-order valence-electron chi connectivity index (χ1n) is 8.35. The summed E-state index contributed by atoms with van der Waals surface area (Å²) in [6, 6.07) is 4.30. The molecule has 1 aliphatic carbocycles. The zero-order valence-corrected chi connectivity index (χ0v) is 13.7. The van der Waals surface area contributed by atoms with Crippen LogP contribution in [0.5, 0.6) is 11.5 Å². The smallest absolute Gasteiger partial charge is 0.302 e. The lowest BCUT2D eigenvalue weighted by Crippen LogP contribution is -2.52. The van der Waals surface area contributed by atoms with Crippen LogP contribution in [-0.2, 0) is 21.5 Å². The third-order valence-corrected chi connectivity index (χ3v) is 5.97. The summed E-state index contributed by atoms with van der Waals surface area (Å²) in [4.78, 5) is 13.8. The highest BCUT2D eigenvalue weighted by atomic mass is 16.5. The van der Waals surface area contributed by atoms with Crippen LogP contribution in [0.25, 0.3) is 0 Å². The Labute approximate surface area is 136 Å². The van der Waals surface area contributed by atoms with E-state index < -0.39 is 0 Å². The summed E-state index contributed by atoms with van der Waals surface area (Å²) >= 11 is 0. The number of hydrogen-bond donors (Lipinski definition) is 1. The molecule has 2 fully saturated rings. The summed E-state index contributed by atoms with van der Waals surface area (Å²) in [6.45, 7) is 3.43. The number of esters is 1. The molecule has 0 aromatic heterocycles. The van der Waals surface area contributed by atoms with Crippen LogP contribution in [0.4, 0.5) is 0 Å². The number of phenols is 1. The molecular weight excluding hydrogens is 294 g/mol. The van der Waals surface area contributed by atoms with Crippen molar-refractivity contribution in [2.75, 3.05) is 13.7 Å². The van der Waals surface area contributed by atoms with Crippen LogP contribution in [0.3, 0.4) is 0 Å². The van der Waals surface area contributed by atoms with Gasteiger partial charge in [0, 0.05) is 31.3 Å². The number of aromatic hydroxyl groups is 1. The third kappa shape index (κ3) is 2.13. The van der Waals surface area contributed by atoms with Crippen LogP contribution >= 0.6 is 0 Å². The lowest BCUT2D eigenvalue weighted by Gasteiger charge is -2.48. The Kier molecular flexibility index (Phi) is 3.30. The molecule has 124 valence electrons. The summed E-state index contributed by atoms with van der Waals surface area (Å²) in [7, 11) is 1.59. The molecule has 4 rings (SSSR count). The molecule has 4 atom stereocenters. The van der Waals surface area contributed by atoms with Gasteiger partial charge in [-0.05, 0) is 49.1 Å². The fraction of sp³-hybridized carbons (Fsp3) is 0.611. The molecule has 23 heavy (non-hydrogen) atoms. The SMILES string of the molecule is COc1cc2c(cc1O)C13CCC(OC(C)=O)CC1N(CC3)C2. The number of rotatable bonds is 2. The van der Waals surface area contributed by atoms with Crippen LogP contribution in [0.1, 0.15) is 43.7 Å². The van der Waals surface area contributed by atoms with Crippen LogP contribution in [0, 0.1) is 0 Å². The molecule has 4 unspecified atom stereocenters. The molecule has 1 saturated heterocycles. The van der Waals surface area contributed by atoms with E-state index in [1.165, 1.54) is 18.1 Å². The van der Waals surface area contributed by atoms with Crippen molar-refractivity contribution in [2.45, 2.75) is 56.7 Å². The first kappa shape index (κ1) is 14.8. The van der Waals surface area contributed by atoms with Gasteiger partial charge in [0.1, 0.15) is 6.10 Å². The topological polar surface area (TPSA) is 59.0 Å². The van der Waals surface area contributed by atoms with Crippen molar-refractivity contribution in [3.05, 3.63) is 23.3 Å². The van der Waals surface area contributed by atoms with Crippen LogP contribution in [0.15, 0.2) is 12.1 Å². The van der Waals surface area contributed by atoms with Gasteiger partial charge in [-0.3, -0.25) is 9.69 Å². The molecule has 1 aromatic carbocycles. The number of nitrogens with zero attached hydrogens (tertiary/aromatic N) is 1. The largest absolute Gasteiger partial charge is 0.504 e. The molecule has 2 aliphatic heterocycles. The van der Waals surface area contributed by atoms with E-state index in [0.29, 0.717) is 11.8 Å². The van der Waals surface area contributed by atoms with Crippen LogP contribution in [0.2, 0.25) is 0 Å². The van der Waals surface area contributed by atoms with Gasteiger partial charge in [-0.25, -0.2) is 0 Å². The van der Waals surface area contributed by atoms with Gasteiger partial charge in [0.15, 0.2) is 11.5 Å². The summed E-state index contributed by atoms with van der Waals surface area (Å²) in [6.07, 6.45) is 3.94. The van der Waals surface area contributed by atoms with Crippen molar-refractivity contribution >= 4 is 5.97 Å². The number of fused-ring (bicyclic) bond motifs is 1. The van der Waals surface area contributed by atoms with E-state index in [2.05, 4.69) is 4.90 Å². The first-order valence-corrected chi connectivity index (χ1v) is 8.35. The molecule has 3 aliphatic rings. The molecule has 2 heterocycles. The maximum atomic E-state index is 11.3. The van der Waals surface area contributed by atoms with E-state index in [-0.39, 0.29) is 23.2 Å². The Morgan fingerprint density at radius 3 is 2.96 bits per heavy atom. The minimum atomic E-state index is -0.188. The predicted octanol–water partition coefficient (Wildman–Crippen LogP) is 2.34. The minimum absolute atomic E-state index is 0.0274. The van der Waals surface area contributed by atoms with Crippen molar-refractivity contribution in [3.63, 3.8) is 0 Å². The Hall–Kier alpha value is -1.75. The lowest BCUT2D eigenvalue weighted by atomic mass is 9.63. The van der Waals surface area contributed by atoms with E-state index in [4.69, 9.17) is 9.47 Å². The maximum absolute atomic E-state index is 11.3. The van der Waals surface area contributed by atoms with E-state index in [1.54, 1.807) is 7.11 Å². The van der Waals surface area contributed by atoms with Gasteiger partial charge >= 0.3 is 5.97 Å². The lowest BCUT2D eigenvalue weighted by molar-refractivity contribution is -0.149. The van der Waals surface area contributed by atoms with Crippen molar-refractivity contribution in [1.29, 1.82) is 0 Å². The summed E-state index contributed by atoms with van der Waals surface area (Å²) in [5.41, 5.74) is 2.63. The maximum Gasteiger partial charge on any atom is 0.302 e. The third-order valence-electron chi connectivity index (χ3n) is 5.97. The van der Waals surface area contributed by atoms with E-state index in [9.17, 15) is 9.90 Å². The zero-order chi connectivity index (χ0) is 16.2. The van der Waals surface area contributed by atoms with Gasteiger partial charge in [-0.15, -0.1) is 0 Å². The highest BCUT2D eigenvalue weighted by Gasteiger charge is 2.55. The summed E-state index contributed by atoms with van der Waals surface area (Å²) < 4.78 is 10.7. The van der Waals surface area contributed by atoms with Gasteiger partial charge in [0.25, 0.3) is 0 Å². The van der Waals surface area contributed by atoms with Crippen molar-refractivity contribution in [1.82, 2.24) is 4.90 Å². The van der Waals surface area contributed by atoms with Gasteiger partial charge in [0.2, 0.25) is 0 Å². The number of carbonyl (C=O) groups is 1. The van der Waals surface area contributed by atoms with Crippen molar-refractivity contribution in [2.24, 2.45) is 0 Å². The zero-order valence-electron chi connectivity index (χ0n) is 13.7. The Balaban J connectivity index is 1.71. The molecular formula is C18H23NO4. The normalized spacial score (nSPS) is 34.4. The second-order valence-corrected chi connectivity index (χ2v) is 7.08. The number of benzene rings is 1. The molecule has 0 spiro atoms. The average Bonchev–Trinajstić information content (AvgIpc) is 2.79. The van der Waals surface area contributed by atoms with E-state index in [1.807, 2.05) is 12.1 Å². The van der Waals surface area contributed by atoms with Gasteiger partial charge < -0.3 is 14.6 Å². The highest BCUT2D eigenvalue weighted by Crippen LogP contribution is 2.55. The van der Waals surface area contributed by atoms with E-state index in [0.717, 1.165) is 38.8 Å². The number of carbonyl (C=O) groups excluding carboxylic acids is 1. The van der Waals surface area contributed by atoms with Crippen molar-refractivity contribution < 1.29 is 19.4 Å². The monoisotopic (exact) mass is 317 g/mol. The minimum Gasteiger partial charge on any atom is -0.504 e. The fourth-order valence-corrected chi connectivity index (χ4v) is 5.03. The Morgan fingerprint density at radius 2 is 2.22 bits per heavy atom. The molecule has 2 bridgehead atoms. The molecule has 5 heteroatoms. The number of ether oxygens (including phenoxy) is 2. The number of hydrogen-bond acceptors (Lipinski definition) is 5.